The molecule has 2 unspecified atom stereocenters. The second kappa shape index (κ2) is 14.2. The molecule has 1 aromatic carbocycles. The van der Waals surface area contributed by atoms with Crippen LogP contribution in [0, 0.1) is 24.1 Å². The number of nitrogens with zero attached hydrogens (tertiary/aromatic N) is 4. The van der Waals surface area contributed by atoms with Crippen LogP contribution >= 0.6 is 0 Å². The zero-order valence-corrected chi connectivity index (χ0v) is 26.4. The number of cyclic esters (lactones) is 1. The van der Waals surface area contributed by atoms with Gasteiger partial charge in [-0.15, -0.1) is 0 Å². The molecule has 12 nitrogen and oxygen atoms in total. The predicted octanol–water partition coefficient (Wildman–Crippen LogP) is 2.46. The summed E-state index contributed by atoms with van der Waals surface area (Å²) in [7, 11) is 0. The lowest BCUT2D eigenvalue weighted by Gasteiger charge is -2.22. The van der Waals surface area contributed by atoms with Crippen LogP contribution in [0.15, 0.2) is 16.9 Å². The molecule has 13 heteroatoms. The Kier molecular flexibility index (Phi) is 10.5. The normalized spacial score (nSPS) is 15.9. The minimum Gasteiger partial charge on any atom is -0.458 e. The van der Waals surface area contributed by atoms with E-state index in [1.807, 2.05) is 0 Å². The Bertz CT molecular complexity index is 1810. The number of carbonyl (C=O) groups is 3. The van der Waals surface area contributed by atoms with Gasteiger partial charge in [0.25, 0.3) is 5.56 Å². The first kappa shape index (κ1) is 34.2. The van der Waals surface area contributed by atoms with Crippen molar-refractivity contribution in [2.24, 2.45) is 5.73 Å². The molecule has 0 radical (unpaired) electrons. The highest BCUT2D eigenvalue weighted by atomic mass is 19.1. The van der Waals surface area contributed by atoms with Crippen LogP contribution in [0.1, 0.15) is 79.5 Å². The summed E-state index contributed by atoms with van der Waals surface area (Å²) in [4.78, 5) is 52.4. The van der Waals surface area contributed by atoms with Crippen molar-refractivity contribution in [1.82, 2.24) is 14.5 Å². The van der Waals surface area contributed by atoms with Crippen LogP contribution in [0.2, 0.25) is 0 Å². The molecular weight excluding hydrogens is 597 g/mol. The number of hydrogen-bond donors (Lipinski definition) is 3. The first-order valence-corrected chi connectivity index (χ1v) is 15.2. The summed E-state index contributed by atoms with van der Waals surface area (Å²) in [6.45, 7) is 7.51. The van der Waals surface area contributed by atoms with Gasteiger partial charge in [0.1, 0.15) is 18.8 Å². The first-order chi connectivity index (χ1) is 21.8. The SMILES string of the molecule is CC(O)CN(CC(N)=O)C(=O)CC#N.CCC.Cc1c(F)cc2nc3c(c4c2c1CCC4)Cn1c-3cc2c(c1=O)COC(=O)C2O. The number of halogens is 1. The number of aryl methyl sites for hydroxylation is 2. The van der Waals surface area contributed by atoms with E-state index in [-0.39, 0.29) is 43.1 Å². The average molecular weight is 636 g/mol. The highest BCUT2D eigenvalue weighted by molar-refractivity contribution is 5.92. The topological polar surface area (TPSA) is 189 Å². The number of rotatable bonds is 5. The van der Waals surface area contributed by atoms with Crippen LogP contribution in [-0.4, -0.2) is 61.6 Å². The lowest BCUT2D eigenvalue weighted by atomic mass is 9.85. The highest BCUT2D eigenvalue weighted by Crippen LogP contribution is 2.42. The maximum Gasteiger partial charge on any atom is 0.340 e. The Morgan fingerprint density at radius 3 is 2.52 bits per heavy atom. The van der Waals surface area contributed by atoms with Crippen LogP contribution in [-0.2, 0) is 45.1 Å². The number of nitriles is 1. The van der Waals surface area contributed by atoms with Gasteiger partial charge in [-0.05, 0) is 55.9 Å². The molecule has 6 rings (SSSR count). The number of aromatic nitrogens is 2. The Labute approximate surface area is 265 Å². The van der Waals surface area contributed by atoms with E-state index in [0.29, 0.717) is 34.6 Å². The van der Waals surface area contributed by atoms with Crippen LogP contribution in [0.4, 0.5) is 4.39 Å². The van der Waals surface area contributed by atoms with E-state index < -0.39 is 30.0 Å². The van der Waals surface area contributed by atoms with E-state index in [1.165, 1.54) is 19.4 Å². The van der Waals surface area contributed by atoms with Crippen molar-refractivity contribution >= 4 is 28.7 Å². The Balaban J connectivity index is 0.000000240. The highest BCUT2D eigenvalue weighted by Gasteiger charge is 2.35. The molecule has 3 aromatic rings. The number of aliphatic hydroxyl groups excluding tert-OH is 2. The molecule has 2 amide bonds. The molecule has 0 spiro atoms. The number of aliphatic hydroxyl groups is 2. The predicted molar refractivity (Wildman–Crippen MR) is 166 cm³/mol. The summed E-state index contributed by atoms with van der Waals surface area (Å²) in [6.07, 6.45) is 1.29. The Hall–Kier alpha value is -4.67. The van der Waals surface area contributed by atoms with Crippen LogP contribution in [0.3, 0.4) is 0 Å². The number of fused-ring (bicyclic) bond motifs is 5. The third-order valence-corrected chi connectivity index (χ3v) is 7.95. The fourth-order valence-corrected chi connectivity index (χ4v) is 6.00. The van der Waals surface area contributed by atoms with Crippen LogP contribution in [0.25, 0.3) is 22.3 Å². The van der Waals surface area contributed by atoms with Crippen molar-refractivity contribution in [2.75, 3.05) is 13.1 Å². The van der Waals surface area contributed by atoms with Crippen molar-refractivity contribution in [3.05, 3.63) is 61.7 Å². The molecule has 244 valence electrons. The van der Waals surface area contributed by atoms with Crippen LogP contribution < -0.4 is 11.3 Å². The fraction of sp³-hybridized carbons (Fsp3) is 0.455. The molecule has 2 aromatic heterocycles. The van der Waals surface area contributed by atoms with Gasteiger partial charge in [-0.3, -0.25) is 14.4 Å². The van der Waals surface area contributed by atoms with Crippen molar-refractivity contribution in [1.29, 1.82) is 5.26 Å². The minimum atomic E-state index is -1.48. The van der Waals surface area contributed by atoms with E-state index in [2.05, 4.69) is 13.8 Å². The molecule has 0 saturated heterocycles. The van der Waals surface area contributed by atoms with Gasteiger partial charge in [-0.1, -0.05) is 20.3 Å². The molecule has 0 bridgehead atoms. The second-order valence-corrected chi connectivity index (χ2v) is 11.6. The first-order valence-electron chi connectivity index (χ1n) is 15.2. The molecule has 3 aliphatic rings. The van der Waals surface area contributed by atoms with Gasteiger partial charge in [0.15, 0.2) is 6.10 Å². The third kappa shape index (κ3) is 6.63. The lowest BCUT2D eigenvalue weighted by molar-refractivity contribution is -0.157. The standard InChI is InChI=1S/C22H17FN2O4.C8H13N3O3.C3H8/c1-9-10-3-2-4-11-13-7-25-17(19(13)24-16(18(10)11)6-15(9)23)5-12-14(21(25)27)8-29-22(28)20(12)26;1-6(12)4-11(5-7(10)13)8(14)2-3-9;1-3-2/h5-6,20,26H,2-4,7-8H2,1H3;6,12H,2,4-5H2,1H3,(H2,10,13);3H2,1-2H3. The second-order valence-electron chi connectivity index (χ2n) is 11.6. The number of nitrogens with two attached hydrogens (primary N) is 1. The summed E-state index contributed by atoms with van der Waals surface area (Å²) < 4.78 is 21.1. The Morgan fingerprint density at radius 2 is 1.89 bits per heavy atom. The van der Waals surface area contributed by atoms with Crippen molar-refractivity contribution in [2.45, 2.75) is 85.2 Å². The number of esters is 1. The van der Waals surface area contributed by atoms with Crippen LogP contribution in [0.5, 0.6) is 0 Å². The van der Waals surface area contributed by atoms with E-state index in [1.54, 1.807) is 23.6 Å². The zero-order valence-electron chi connectivity index (χ0n) is 26.4. The molecule has 4 heterocycles. The van der Waals surface area contributed by atoms with Crippen molar-refractivity contribution < 1.29 is 33.7 Å². The van der Waals surface area contributed by atoms with E-state index in [9.17, 15) is 28.7 Å². The summed E-state index contributed by atoms with van der Waals surface area (Å²) in [6, 6.07) is 4.80. The number of amides is 2. The van der Waals surface area contributed by atoms with Gasteiger partial charge in [0.05, 0.1) is 47.7 Å². The monoisotopic (exact) mass is 635 g/mol. The number of primary amides is 1. The van der Waals surface area contributed by atoms with E-state index >= 15 is 0 Å². The molecule has 0 fully saturated rings. The number of pyridine rings is 2. The maximum absolute atomic E-state index is 14.5. The van der Waals surface area contributed by atoms with Gasteiger partial charge < -0.3 is 30.2 Å². The molecule has 1 aliphatic carbocycles. The van der Waals surface area contributed by atoms with E-state index in [4.69, 9.17) is 25.8 Å². The average Bonchev–Trinajstić information content (AvgIpc) is 3.37. The minimum absolute atomic E-state index is 0.00343. The van der Waals surface area contributed by atoms with Crippen molar-refractivity contribution in [3.63, 3.8) is 0 Å². The molecule has 2 atom stereocenters. The maximum atomic E-state index is 14.5. The van der Waals surface area contributed by atoms with E-state index in [0.717, 1.165) is 46.2 Å². The third-order valence-electron chi connectivity index (χ3n) is 7.95. The van der Waals surface area contributed by atoms with Gasteiger partial charge in [0, 0.05) is 29.1 Å². The molecule has 46 heavy (non-hydrogen) atoms. The smallest absolute Gasteiger partial charge is 0.340 e. The number of carbonyl (C=O) groups excluding carboxylic acids is 3. The van der Waals surface area contributed by atoms with Gasteiger partial charge in [-0.2, -0.15) is 5.26 Å². The number of benzene rings is 1. The molecule has 0 saturated carbocycles. The number of hydrogen-bond acceptors (Lipinski definition) is 9. The summed E-state index contributed by atoms with van der Waals surface area (Å²) >= 11 is 0. The molecule has 2 aliphatic heterocycles. The lowest BCUT2D eigenvalue weighted by Crippen LogP contribution is -2.41. The fourth-order valence-electron chi connectivity index (χ4n) is 6.00. The van der Waals surface area contributed by atoms with Gasteiger partial charge in [0.2, 0.25) is 11.8 Å². The summed E-state index contributed by atoms with van der Waals surface area (Å²) in [5.41, 5.74) is 10.8. The number of ether oxygens (including phenoxy) is 1. The van der Waals surface area contributed by atoms with Gasteiger partial charge >= 0.3 is 5.97 Å². The quantitative estimate of drug-likeness (QED) is 0.277. The summed E-state index contributed by atoms with van der Waals surface area (Å²) in [5.74, 6) is -2.21. The molecule has 4 N–H and O–H groups in total. The Morgan fingerprint density at radius 1 is 1.22 bits per heavy atom. The summed E-state index contributed by atoms with van der Waals surface area (Å²) in [5, 5.41) is 28.5. The van der Waals surface area contributed by atoms with Gasteiger partial charge in [-0.25, -0.2) is 14.2 Å². The molecular formula is C33H38FN5O7. The largest absolute Gasteiger partial charge is 0.458 e. The van der Waals surface area contributed by atoms with Crippen molar-refractivity contribution in [3.8, 4) is 17.5 Å². The zero-order chi connectivity index (χ0) is 33.9.